The number of nitrogens with zero attached hydrogens (tertiary/aromatic N) is 4. The molecule has 0 radical (unpaired) electrons. The zero-order valence-electron chi connectivity index (χ0n) is 8.65. The van der Waals surface area contributed by atoms with Gasteiger partial charge in [-0.15, -0.1) is 0 Å². The molecule has 0 saturated carbocycles. The van der Waals surface area contributed by atoms with E-state index in [4.69, 9.17) is 5.11 Å². The highest BCUT2D eigenvalue weighted by Gasteiger charge is 2.17. The first-order valence-corrected chi connectivity index (χ1v) is 5.36. The topological polar surface area (TPSA) is 111 Å². The molecule has 0 aliphatic heterocycles. The summed E-state index contributed by atoms with van der Waals surface area (Å²) in [4.78, 5) is 24.7. The van der Waals surface area contributed by atoms with Crippen molar-refractivity contribution < 1.29 is 14.8 Å². The first-order chi connectivity index (χ1) is 8.49. The van der Waals surface area contributed by atoms with Crippen LogP contribution in [0.15, 0.2) is 29.1 Å². The van der Waals surface area contributed by atoms with Crippen LogP contribution < -0.4 is 0 Å². The fraction of sp³-hybridized carbons (Fsp3) is 0. The minimum Gasteiger partial charge on any atom is -0.476 e. The Hall–Kier alpha value is -2.29. The smallest absolute Gasteiger partial charge is 0.356 e. The van der Waals surface area contributed by atoms with Gasteiger partial charge in [-0.25, -0.2) is 14.5 Å². The molecule has 0 fully saturated rings. The molecular formula is C9H5BrN4O4. The molecule has 0 amide bonds. The highest BCUT2D eigenvalue weighted by Crippen LogP contribution is 2.20. The fourth-order valence-electron chi connectivity index (χ4n) is 1.31. The van der Waals surface area contributed by atoms with E-state index < -0.39 is 10.9 Å². The van der Waals surface area contributed by atoms with Gasteiger partial charge in [0.2, 0.25) is 0 Å². The van der Waals surface area contributed by atoms with Crippen LogP contribution in [-0.2, 0) is 0 Å². The summed E-state index contributed by atoms with van der Waals surface area (Å²) in [5.41, 5.74) is -0.326. The lowest BCUT2D eigenvalue weighted by Crippen LogP contribution is -2.08. The molecule has 0 aliphatic carbocycles. The predicted molar refractivity (Wildman–Crippen MR) is 62.7 cm³/mol. The van der Waals surface area contributed by atoms with E-state index in [0.29, 0.717) is 4.47 Å². The number of hydrogen-bond donors (Lipinski definition) is 1. The summed E-state index contributed by atoms with van der Waals surface area (Å²) in [6.45, 7) is 0. The average molecular weight is 313 g/mol. The third-order valence-corrected chi connectivity index (χ3v) is 2.50. The highest BCUT2D eigenvalue weighted by atomic mass is 79.9. The quantitative estimate of drug-likeness (QED) is 0.681. The number of carboxylic acid groups (broad SMARTS) is 1. The van der Waals surface area contributed by atoms with Gasteiger partial charge in [-0.1, -0.05) is 0 Å². The summed E-state index contributed by atoms with van der Waals surface area (Å²) in [7, 11) is 0. The maximum Gasteiger partial charge on any atom is 0.356 e. The Morgan fingerprint density at radius 1 is 1.50 bits per heavy atom. The minimum absolute atomic E-state index is 0.143. The molecule has 92 valence electrons. The van der Waals surface area contributed by atoms with Gasteiger partial charge < -0.3 is 5.11 Å². The summed E-state index contributed by atoms with van der Waals surface area (Å²) in [5.74, 6) is -1.24. The largest absolute Gasteiger partial charge is 0.476 e. The van der Waals surface area contributed by atoms with Gasteiger partial charge in [0, 0.05) is 10.7 Å². The highest BCUT2D eigenvalue weighted by molar-refractivity contribution is 9.10. The van der Waals surface area contributed by atoms with E-state index in [0.717, 1.165) is 17.1 Å². The normalized spacial score (nSPS) is 10.3. The molecule has 2 aromatic heterocycles. The molecule has 0 aliphatic rings. The Bertz CT molecular complexity index is 639. The molecule has 0 spiro atoms. The summed E-state index contributed by atoms with van der Waals surface area (Å²) >= 11 is 3.15. The van der Waals surface area contributed by atoms with E-state index in [-0.39, 0.29) is 17.1 Å². The standard InChI is InChI=1S/C9H5BrN4O4/c10-5-1-7(8(9(15)16)11-2-5)13-4-6(3-12-13)14(17)18/h1-4H,(H,15,16). The third-order valence-electron chi connectivity index (χ3n) is 2.06. The summed E-state index contributed by atoms with van der Waals surface area (Å²) in [5, 5.41) is 23.3. The number of carboxylic acids is 1. The average Bonchev–Trinajstić information content (AvgIpc) is 2.77. The molecule has 0 unspecified atom stereocenters. The van der Waals surface area contributed by atoms with Crippen molar-refractivity contribution >= 4 is 27.6 Å². The Labute approximate surface area is 108 Å². The zero-order valence-corrected chi connectivity index (χ0v) is 10.2. The molecule has 2 aromatic rings. The van der Waals surface area contributed by atoms with Gasteiger partial charge in [-0.3, -0.25) is 10.1 Å². The van der Waals surface area contributed by atoms with Gasteiger partial charge in [-0.2, -0.15) is 5.10 Å². The van der Waals surface area contributed by atoms with Crippen LogP contribution in [0.3, 0.4) is 0 Å². The van der Waals surface area contributed by atoms with Gasteiger partial charge in [0.15, 0.2) is 5.69 Å². The number of pyridine rings is 1. The van der Waals surface area contributed by atoms with E-state index in [1.165, 1.54) is 12.3 Å². The van der Waals surface area contributed by atoms with Crippen LogP contribution in [0.4, 0.5) is 5.69 Å². The molecule has 9 heteroatoms. The first kappa shape index (κ1) is 12.2. The van der Waals surface area contributed by atoms with Crippen molar-refractivity contribution in [1.82, 2.24) is 14.8 Å². The molecule has 2 rings (SSSR count). The van der Waals surface area contributed by atoms with Crippen molar-refractivity contribution in [2.45, 2.75) is 0 Å². The molecule has 1 N–H and O–H groups in total. The van der Waals surface area contributed by atoms with E-state index in [9.17, 15) is 14.9 Å². The summed E-state index contributed by atoms with van der Waals surface area (Å²) in [6.07, 6.45) is 3.48. The van der Waals surface area contributed by atoms with Crippen molar-refractivity contribution in [2.75, 3.05) is 0 Å². The number of nitro groups is 1. The minimum atomic E-state index is -1.24. The van der Waals surface area contributed by atoms with Crippen molar-refractivity contribution in [3.05, 3.63) is 44.9 Å². The molecule has 0 aromatic carbocycles. The molecule has 8 nitrogen and oxygen atoms in total. The lowest BCUT2D eigenvalue weighted by Gasteiger charge is -2.04. The predicted octanol–water partition coefficient (Wildman–Crippen LogP) is 1.64. The number of carbonyl (C=O) groups is 1. The Balaban J connectivity index is 2.57. The van der Waals surface area contributed by atoms with Crippen molar-refractivity contribution in [2.24, 2.45) is 0 Å². The number of rotatable bonds is 3. The molecule has 2 heterocycles. The van der Waals surface area contributed by atoms with Gasteiger partial charge in [0.1, 0.15) is 12.4 Å². The molecular weight excluding hydrogens is 308 g/mol. The van der Waals surface area contributed by atoms with E-state index >= 15 is 0 Å². The van der Waals surface area contributed by atoms with E-state index in [1.807, 2.05) is 0 Å². The second-order valence-electron chi connectivity index (χ2n) is 3.23. The van der Waals surface area contributed by atoms with Crippen molar-refractivity contribution in [1.29, 1.82) is 0 Å². The van der Waals surface area contributed by atoms with Crippen LogP contribution in [-0.4, -0.2) is 30.8 Å². The number of aromatic carboxylic acids is 1. The Kier molecular flexibility index (Phi) is 3.06. The van der Waals surface area contributed by atoms with E-state index in [1.54, 1.807) is 0 Å². The van der Waals surface area contributed by atoms with Gasteiger partial charge in [0.05, 0.1) is 10.6 Å². The van der Waals surface area contributed by atoms with Crippen LogP contribution in [0, 0.1) is 10.1 Å². The van der Waals surface area contributed by atoms with Crippen LogP contribution in [0.5, 0.6) is 0 Å². The maximum absolute atomic E-state index is 11.0. The second-order valence-corrected chi connectivity index (χ2v) is 4.14. The van der Waals surface area contributed by atoms with Crippen LogP contribution in [0.2, 0.25) is 0 Å². The SMILES string of the molecule is O=C(O)c1ncc(Br)cc1-n1cc([N+](=O)[O-])cn1. The van der Waals surface area contributed by atoms with Crippen molar-refractivity contribution in [3.8, 4) is 5.69 Å². The fourth-order valence-corrected chi connectivity index (χ4v) is 1.63. The first-order valence-electron chi connectivity index (χ1n) is 4.57. The third kappa shape index (κ3) is 2.20. The molecule has 18 heavy (non-hydrogen) atoms. The van der Waals surface area contributed by atoms with Gasteiger partial charge >= 0.3 is 11.7 Å². The molecule has 0 atom stereocenters. The van der Waals surface area contributed by atoms with Crippen LogP contribution >= 0.6 is 15.9 Å². The van der Waals surface area contributed by atoms with Gasteiger partial charge in [0.25, 0.3) is 0 Å². The lowest BCUT2D eigenvalue weighted by atomic mass is 10.3. The van der Waals surface area contributed by atoms with E-state index in [2.05, 4.69) is 26.0 Å². The van der Waals surface area contributed by atoms with Crippen LogP contribution in [0.25, 0.3) is 5.69 Å². The second kappa shape index (κ2) is 4.53. The number of halogens is 1. The number of hydrogen-bond acceptors (Lipinski definition) is 5. The van der Waals surface area contributed by atoms with Gasteiger partial charge in [-0.05, 0) is 22.0 Å². The number of aromatic nitrogens is 3. The molecule has 0 saturated heterocycles. The van der Waals surface area contributed by atoms with Crippen molar-refractivity contribution in [3.63, 3.8) is 0 Å². The zero-order chi connectivity index (χ0) is 13.3. The summed E-state index contributed by atoms with van der Waals surface area (Å²) < 4.78 is 1.64. The Morgan fingerprint density at radius 2 is 2.22 bits per heavy atom. The monoisotopic (exact) mass is 312 g/mol. The van der Waals surface area contributed by atoms with Crippen LogP contribution in [0.1, 0.15) is 10.5 Å². The maximum atomic E-state index is 11.0. The molecule has 0 bridgehead atoms. The Morgan fingerprint density at radius 3 is 2.78 bits per heavy atom. The summed E-state index contributed by atoms with van der Waals surface area (Å²) in [6, 6.07) is 1.47. The lowest BCUT2D eigenvalue weighted by molar-refractivity contribution is -0.384.